The minimum Gasteiger partial charge on any atom is -0.454 e. The third-order valence-corrected chi connectivity index (χ3v) is 6.42. The lowest BCUT2D eigenvalue weighted by Crippen LogP contribution is -2.15. The average molecular weight is 496 g/mol. The van der Waals surface area contributed by atoms with Gasteiger partial charge in [0, 0.05) is 46.0 Å². The first kappa shape index (κ1) is 21.9. The highest BCUT2D eigenvalue weighted by Crippen LogP contribution is 2.37. The molecule has 3 N–H and O–H groups in total. The molecule has 0 unspecified atom stereocenters. The van der Waals surface area contributed by atoms with Crippen LogP contribution in [0, 0.1) is 11.6 Å². The van der Waals surface area contributed by atoms with Crippen LogP contribution in [0.5, 0.6) is 11.5 Å². The fraction of sp³-hybridized carbons (Fsp3) is 0. The van der Waals surface area contributed by atoms with Crippen molar-refractivity contribution in [2.45, 2.75) is 4.90 Å². The largest absolute Gasteiger partial charge is 0.454 e. The molecule has 2 aromatic heterocycles. The van der Waals surface area contributed by atoms with Crippen LogP contribution in [0.15, 0.2) is 59.9 Å². The smallest absolute Gasteiger partial charge is 0.266 e. The van der Waals surface area contributed by atoms with Gasteiger partial charge in [0.1, 0.15) is 28.6 Å². The first-order valence-electron chi connectivity index (χ1n) is 8.71. The van der Waals surface area contributed by atoms with Gasteiger partial charge in [0.25, 0.3) is 10.0 Å². The van der Waals surface area contributed by atoms with Crippen LogP contribution in [0.4, 0.5) is 19.7 Å². The highest BCUT2D eigenvalue weighted by Gasteiger charge is 2.24. The van der Waals surface area contributed by atoms with E-state index in [-0.39, 0.29) is 10.9 Å². The van der Waals surface area contributed by atoms with Crippen molar-refractivity contribution in [2.75, 3.05) is 10.5 Å². The van der Waals surface area contributed by atoms with Gasteiger partial charge in [-0.3, -0.25) is 4.72 Å². The van der Waals surface area contributed by atoms with E-state index < -0.39 is 32.3 Å². The molecule has 8 nitrogen and oxygen atoms in total. The Morgan fingerprint density at radius 2 is 1.84 bits per heavy atom. The third kappa shape index (κ3) is 4.61. The summed E-state index contributed by atoms with van der Waals surface area (Å²) in [6.07, 6.45) is 2.59. The lowest BCUT2D eigenvalue weighted by Gasteiger charge is -2.14. The number of rotatable bonds is 6. The second-order valence-corrected chi connectivity index (χ2v) is 9.15. The Bertz CT molecular complexity index is 1390. The number of nitrogens with zero attached hydrogens (tertiary/aromatic N) is 3. The van der Waals surface area contributed by atoms with Crippen molar-refractivity contribution in [3.05, 3.63) is 71.6 Å². The summed E-state index contributed by atoms with van der Waals surface area (Å²) in [5.74, 6) is -2.40. The number of hydrogen-bond acceptors (Lipinski definition) is 8. The van der Waals surface area contributed by atoms with Crippen LogP contribution >= 0.6 is 23.1 Å². The fourth-order valence-corrected chi connectivity index (χ4v) is 4.59. The molecule has 0 aliphatic heterocycles. The Kier molecular flexibility index (Phi) is 5.91. The summed E-state index contributed by atoms with van der Waals surface area (Å²) in [5, 5.41) is 0.285. The van der Waals surface area contributed by atoms with E-state index in [4.69, 9.17) is 22.1 Å². The molecule has 0 radical (unpaired) electrons. The average Bonchev–Trinajstić information content (AvgIpc) is 3.24. The zero-order valence-electron chi connectivity index (χ0n) is 15.8. The van der Waals surface area contributed by atoms with Crippen molar-refractivity contribution < 1.29 is 21.9 Å². The molecule has 13 heteroatoms. The number of halogens is 3. The summed E-state index contributed by atoms with van der Waals surface area (Å²) in [7, 11) is -4.44. The third-order valence-electron chi connectivity index (χ3n) is 4.12. The minimum atomic E-state index is -4.44. The molecule has 32 heavy (non-hydrogen) atoms. The first-order valence-corrected chi connectivity index (χ1v) is 11.3. The zero-order valence-corrected chi connectivity index (χ0v) is 18.2. The molecular weight excluding hydrogens is 484 g/mol. The Morgan fingerprint density at radius 1 is 1.03 bits per heavy atom. The maximum Gasteiger partial charge on any atom is 0.266 e. The number of nitrogens with one attached hydrogen (secondary N) is 1. The van der Waals surface area contributed by atoms with Crippen molar-refractivity contribution in [2.24, 2.45) is 0 Å². The molecule has 0 spiro atoms. The number of pyridine rings is 1. The van der Waals surface area contributed by atoms with E-state index >= 15 is 0 Å². The lowest BCUT2D eigenvalue weighted by molar-refractivity contribution is 0.433. The highest BCUT2D eigenvalue weighted by molar-refractivity contribution is 7.93. The number of aromatic nitrogens is 3. The quantitative estimate of drug-likeness (QED) is 0.397. The number of ether oxygens (including phenoxy) is 1. The second kappa shape index (κ2) is 8.65. The molecule has 0 saturated carbocycles. The Balaban J connectivity index is 1.69. The van der Waals surface area contributed by atoms with Crippen LogP contribution in [0.3, 0.4) is 0 Å². The van der Waals surface area contributed by atoms with Crippen molar-refractivity contribution in [1.29, 1.82) is 0 Å². The van der Waals surface area contributed by atoms with Crippen molar-refractivity contribution >= 4 is 44.1 Å². The zero-order chi connectivity index (χ0) is 22.9. The maximum absolute atomic E-state index is 14.7. The van der Waals surface area contributed by atoms with E-state index in [1.54, 1.807) is 18.2 Å². The molecule has 0 atom stereocenters. The van der Waals surface area contributed by atoms with Gasteiger partial charge in [-0.05, 0) is 30.3 Å². The van der Waals surface area contributed by atoms with Crippen molar-refractivity contribution in [1.82, 2.24) is 14.3 Å². The van der Waals surface area contributed by atoms with Crippen LogP contribution in [-0.4, -0.2) is 22.8 Å². The molecule has 4 rings (SSSR count). The van der Waals surface area contributed by atoms with Crippen LogP contribution in [0.2, 0.25) is 5.02 Å². The molecule has 0 aliphatic rings. The summed E-state index contributed by atoms with van der Waals surface area (Å²) in [6, 6.07) is 8.91. The maximum atomic E-state index is 14.7. The standard InChI is InChI=1S/C19H12ClF2N5O3S2/c20-11-2-3-15(12(5-11)10-1-4-18(23)24-8-10)30-16-6-14(22)17(7-13(16)21)32(28,29)27-19-25-9-26-31-19/h1-9H,(H2,23,24)(H,25,26,27). The number of anilines is 2. The van der Waals surface area contributed by atoms with Gasteiger partial charge in [-0.1, -0.05) is 11.6 Å². The molecular formula is C19H12ClF2N5O3S2. The number of nitrogens with two attached hydrogens (primary N) is 1. The van der Waals surface area contributed by atoms with E-state index in [9.17, 15) is 17.2 Å². The van der Waals surface area contributed by atoms with Gasteiger partial charge in [-0.15, -0.1) is 0 Å². The van der Waals surface area contributed by atoms with Crippen LogP contribution < -0.4 is 15.2 Å². The van der Waals surface area contributed by atoms with Gasteiger partial charge < -0.3 is 10.5 Å². The summed E-state index contributed by atoms with van der Waals surface area (Å²) in [5.41, 5.74) is 6.62. The molecule has 4 aromatic rings. The number of nitrogen functional groups attached to an aromatic ring is 1. The fourth-order valence-electron chi connectivity index (χ4n) is 2.68. The topological polar surface area (TPSA) is 120 Å². The van der Waals surface area contributed by atoms with Gasteiger partial charge in [-0.25, -0.2) is 27.2 Å². The van der Waals surface area contributed by atoms with Crippen LogP contribution in [0.25, 0.3) is 11.1 Å². The molecule has 0 aliphatic carbocycles. The normalized spacial score (nSPS) is 11.3. The molecule has 164 valence electrons. The number of sulfonamides is 1. The van der Waals surface area contributed by atoms with Gasteiger partial charge in [0.15, 0.2) is 11.6 Å². The molecule has 2 heterocycles. The summed E-state index contributed by atoms with van der Waals surface area (Å²) < 4.78 is 65.4. The predicted octanol–water partition coefficient (Wildman–Crippen LogP) is 4.71. The van der Waals surface area contributed by atoms with Crippen molar-refractivity contribution in [3.63, 3.8) is 0 Å². The van der Waals surface area contributed by atoms with Gasteiger partial charge in [0.2, 0.25) is 5.13 Å². The van der Waals surface area contributed by atoms with Gasteiger partial charge >= 0.3 is 0 Å². The van der Waals surface area contributed by atoms with Gasteiger partial charge in [0.05, 0.1) is 0 Å². The van der Waals surface area contributed by atoms with E-state index in [1.165, 1.54) is 18.3 Å². The summed E-state index contributed by atoms with van der Waals surface area (Å²) in [6.45, 7) is 0. The number of benzene rings is 2. The minimum absolute atomic E-state index is 0.0898. The first-order chi connectivity index (χ1) is 15.2. The lowest BCUT2D eigenvalue weighted by atomic mass is 10.1. The molecule has 0 bridgehead atoms. The van der Waals surface area contributed by atoms with Crippen molar-refractivity contribution in [3.8, 4) is 22.6 Å². The van der Waals surface area contributed by atoms with E-state index in [2.05, 4.69) is 14.3 Å². The van der Waals surface area contributed by atoms with Crippen LogP contribution in [-0.2, 0) is 10.0 Å². The van der Waals surface area contributed by atoms with E-state index in [0.29, 0.717) is 34.1 Å². The predicted molar refractivity (Wildman–Crippen MR) is 116 cm³/mol. The van der Waals surface area contributed by atoms with Crippen LogP contribution in [0.1, 0.15) is 0 Å². The SMILES string of the molecule is Nc1ccc(-c2cc(Cl)ccc2Oc2cc(F)c(S(=O)(=O)Nc3ncns3)cc2F)cn1. The Labute approximate surface area is 189 Å². The number of hydrogen-bond donors (Lipinski definition) is 2. The van der Waals surface area contributed by atoms with E-state index in [1.807, 2.05) is 4.72 Å². The van der Waals surface area contributed by atoms with Gasteiger partial charge in [-0.2, -0.15) is 4.37 Å². The monoisotopic (exact) mass is 495 g/mol. The summed E-state index contributed by atoms with van der Waals surface area (Å²) in [4.78, 5) is 6.75. The molecule has 0 saturated heterocycles. The molecule has 0 fully saturated rings. The Morgan fingerprint density at radius 3 is 2.53 bits per heavy atom. The molecule has 0 amide bonds. The Hall–Kier alpha value is -3.35. The highest BCUT2D eigenvalue weighted by atomic mass is 35.5. The second-order valence-electron chi connectivity index (χ2n) is 6.28. The molecule has 2 aromatic carbocycles. The van der Waals surface area contributed by atoms with E-state index in [0.717, 1.165) is 17.9 Å². The summed E-state index contributed by atoms with van der Waals surface area (Å²) >= 11 is 6.81.